The Morgan fingerprint density at radius 1 is 0.829 bits per heavy atom. The quantitative estimate of drug-likeness (QED) is 0.445. The van der Waals surface area contributed by atoms with Gasteiger partial charge in [-0.3, -0.25) is 9.59 Å². The van der Waals surface area contributed by atoms with Gasteiger partial charge >= 0.3 is 0 Å². The number of carbonyl (C=O) groups excluding carboxylic acids is 2. The molecule has 3 aromatic rings. The predicted octanol–water partition coefficient (Wildman–Crippen LogP) is 4.53. The molecular weight excluding hydrogens is 448 g/mol. The van der Waals surface area contributed by atoms with Crippen LogP contribution >= 0.6 is 0 Å². The van der Waals surface area contributed by atoms with Gasteiger partial charge in [-0.1, -0.05) is 17.7 Å². The number of ether oxygens (including phenoxy) is 4. The molecule has 1 atom stereocenters. The summed E-state index contributed by atoms with van der Waals surface area (Å²) in [4.78, 5) is 25.2. The van der Waals surface area contributed by atoms with E-state index in [0.717, 1.165) is 11.1 Å². The maximum Gasteiger partial charge on any atom is 0.262 e. The Balaban J connectivity index is 1.63. The van der Waals surface area contributed by atoms with E-state index >= 15 is 0 Å². The van der Waals surface area contributed by atoms with Crippen LogP contribution in [0, 0.1) is 6.92 Å². The van der Waals surface area contributed by atoms with Gasteiger partial charge in [-0.2, -0.15) is 0 Å². The normalized spacial score (nSPS) is 11.2. The van der Waals surface area contributed by atoms with Gasteiger partial charge in [0, 0.05) is 16.8 Å². The van der Waals surface area contributed by atoms with Crippen molar-refractivity contribution in [2.75, 3.05) is 33.3 Å². The second-order valence-electron chi connectivity index (χ2n) is 7.87. The van der Waals surface area contributed by atoms with Crippen molar-refractivity contribution in [3.05, 3.63) is 77.4 Å². The number of methoxy groups -OCH3 is 3. The summed E-state index contributed by atoms with van der Waals surface area (Å²) in [5, 5.41) is 5.73. The molecule has 0 saturated heterocycles. The first-order chi connectivity index (χ1) is 16.8. The Morgan fingerprint density at radius 2 is 1.51 bits per heavy atom. The van der Waals surface area contributed by atoms with Crippen molar-refractivity contribution < 1.29 is 28.5 Å². The minimum atomic E-state index is -0.333. The van der Waals surface area contributed by atoms with Crippen LogP contribution in [-0.2, 0) is 4.79 Å². The Bertz CT molecular complexity index is 1180. The van der Waals surface area contributed by atoms with Gasteiger partial charge in [0.1, 0.15) is 11.5 Å². The highest BCUT2D eigenvalue weighted by Crippen LogP contribution is 2.30. The summed E-state index contributed by atoms with van der Waals surface area (Å²) in [5.41, 5.74) is 2.98. The molecule has 0 radical (unpaired) electrons. The van der Waals surface area contributed by atoms with Crippen LogP contribution < -0.4 is 29.6 Å². The molecule has 2 N–H and O–H groups in total. The van der Waals surface area contributed by atoms with E-state index in [0.29, 0.717) is 34.2 Å². The van der Waals surface area contributed by atoms with Gasteiger partial charge in [0.2, 0.25) is 0 Å². The van der Waals surface area contributed by atoms with Gasteiger partial charge in [0.15, 0.2) is 18.1 Å². The van der Waals surface area contributed by atoms with Gasteiger partial charge in [-0.15, -0.1) is 0 Å². The first-order valence-electron chi connectivity index (χ1n) is 11.0. The minimum absolute atomic E-state index is 0.224. The zero-order valence-corrected chi connectivity index (χ0v) is 20.5. The van der Waals surface area contributed by atoms with Crippen LogP contribution in [-0.4, -0.2) is 39.8 Å². The van der Waals surface area contributed by atoms with E-state index in [1.807, 2.05) is 32.0 Å². The van der Waals surface area contributed by atoms with Crippen molar-refractivity contribution in [3.63, 3.8) is 0 Å². The molecular formula is C27H30N2O6. The molecule has 184 valence electrons. The average Bonchev–Trinajstić information content (AvgIpc) is 2.87. The van der Waals surface area contributed by atoms with Crippen LogP contribution in [0.3, 0.4) is 0 Å². The average molecular weight is 479 g/mol. The monoisotopic (exact) mass is 478 g/mol. The lowest BCUT2D eigenvalue weighted by Crippen LogP contribution is -2.27. The first kappa shape index (κ1) is 25.4. The molecule has 8 heteroatoms. The third kappa shape index (κ3) is 6.66. The molecule has 0 spiro atoms. The molecule has 0 fully saturated rings. The van der Waals surface area contributed by atoms with Crippen LogP contribution in [0.2, 0.25) is 0 Å². The molecule has 0 aliphatic carbocycles. The van der Waals surface area contributed by atoms with E-state index in [1.54, 1.807) is 56.7 Å². The fourth-order valence-corrected chi connectivity index (χ4v) is 3.49. The number of anilines is 1. The summed E-state index contributed by atoms with van der Waals surface area (Å²) in [6, 6.07) is 17.3. The van der Waals surface area contributed by atoms with E-state index in [4.69, 9.17) is 18.9 Å². The lowest BCUT2D eigenvalue weighted by molar-refractivity contribution is -0.118. The molecule has 3 aromatic carbocycles. The molecule has 0 aromatic heterocycles. The van der Waals surface area contributed by atoms with E-state index < -0.39 is 0 Å². The molecule has 0 unspecified atom stereocenters. The van der Waals surface area contributed by atoms with Crippen molar-refractivity contribution in [1.29, 1.82) is 0 Å². The molecule has 0 bridgehead atoms. The summed E-state index contributed by atoms with van der Waals surface area (Å²) in [5.74, 6) is 1.49. The topological polar surface area (TPSA) is 95.1 Å². The summed E-state index contributed by atoms with van der Waals surface area (Å²) in [7, 11) is 4.65. The first-order valence-corrected chi connectivity index (χ1v) is 11.0. The largest absolute Gasteiger partial charge is 0.497 e. The SMILES string of the molecule is COc1ccc(NC(=O)COc2ccc(C(=O)N[C@H](C)c3cc(C)ccc3OC)cc2OC)cc1. The summed E-state index contributed by atoms with van der Waals surface area (Å²) in [6.07, 6.45) is 0. The lowest BCUT2D eigenvalue weighted by atomic mass is 10.0. The van der Waals surface area contributed by atoms with Gasteiger partial charge in [-0.25, -0.2) is 0 Å². The zero-order valence-electron chi connectivity index (χ0n) is 20.5. The minimum Gasteiger partial charge on any atom is -0.497 e. The Labute approximate surface area is 205 Å². The third-order valence-corrected chi connectivity index (χ3v) is 5.36. The van der Waals surface area contributed by atoms with Crippen LogP contribution in [0.5, 0.6) is 23.0 Å². The fraction of sp³-hybridized carbons (Fsp3) is 0.259. The number of hydrogen-bond acceptors (Lipinski definition) is 6. The number of rotatable bonds is 10. The van der Waals surface area contributed by atoms with Crippen LogP contribution in [0.15, 0.2) is 60.7 Å². The number of benzene rings is 3. The summed E-state index contributed by atoms with van der Waals surface area (Å²) in [6.45, 7) is 3.65. The molecule has 35 heavy (non-hydrogen) atoms. The third-order valence-electron chi connectivity index (χ3n) is 5.36. The van der Waals surface area contributed by atoms with Gasteiger partial charge < -0.3 is 29.6 Å². The zero-order chi connectivity index (χ0) is 25.4. The highest BCUT2D eigenvalue weighted by molar-refractivity contribution is 5.95. The van der Waals surface area contributed by atoms with E-state index in [9.17, 15) is 9.59 Å². The van der Waals surface area contributed by atoms with E-state index in [1.165, 1.54) is 7.11 Å². The fourth-order valence-electron chi connectivity index (χ4n) is 3.49. The highest BCUT2D eigenvalue weighted by Gasteiger charge is 2.17. The number of nitrogens with one attached hydrogen (secondary N) is 2. The van der Waals surface area contributed by atoms with Crippen molar-refractivity contribution in [3.8, 4) is 23.0 Å². The van der Waals surface area contributed by atoms with Crippen molar-refractivity contribution in [1.82, 2.24) is 5.32 Å². The van der Waals surface area contributed by atoms with Gasteiger partial charge in [0.25, 0.3) is 11.8 Å². The van der Waals surface area contributed by atoms with E-state index in [2.05, 4.69) is 10.6 Å². The predicted molar refractivity (Wildman–Crippen MR) is 134 cm³/mol. The van der Waals surface area contributed by atoms with Crippen LogP contribution in [0.4, 0.5) is 5.69 Å². The van der Waals surface area contributed by atoms with Crippen LogP contribution in [0.25, 0.3) is 0 Å². The Kier molecular flexibility index (Phi) is 8.56. The second-order valence-corrected chi connectivity index (χ2v) is 7.87. The summed E-state index contributed by atoms with van der Waals surface area (Å²) < 4.78 is 21.5. The smallest absolute Gasteiger partial charge is 0.262 e. The molecule has 0 heterocycles. The van der Waals surface area contributed by atoms with E-state index in [-0.39, 0.29) is 24.5 Å². The Morgan fingerprint density at radius 3 is 2.17 bits per heavy atom. The van der Waals surface area contributed by atoms with Crippen LogP contribution in [0.1, 0.15) is 34.5 Å². The number of amides is 2. The van der Waals surface area contributed by atoms with Crippen molar-refractivity contribution in [2.24, 2.45) is 0 Å². The lowest BCUT2D eigenvalue weighted by Gasteiger charge is -2.18. The van der Waals surface area contributed by atoms with Crippen molar-refractivity contribution in [2.45, 2.75) is 19.9 Å². The Hall–Kier alpha value is -4.20. The molecule has 3 rings (SSSR count). The molecule has 8 nitrogen and oxygen atoms in total. The second kappa shape index (κ2) is 11.8. The highest BCUT2D eigenvalue weighted by atomic mass is 16.5. The molecule has 0 saturated carbocycles. The molecule has 0 aliphatic rings. The maximum absolute atomic E-state index is 12.9. The number of hydrogen-bond donors (Lipinski definition) is 2. The standard InChI is InChI=1S/C27H30N2O6/c1-17-6-12-23(33-4)22(14-17)18(2)28-27(31)19-7-13-24(25(15-19)34-5)35-16-26(30)29-20-8-10-21(32-3)11-9-20/h6-15,18H,16H2,1-5H3,(H,28,31)(H,29,30)/t18-/m1/s1. The van der Waals surface area contributed by atoms with Gasteiger partial charge in [0.05, 0.1) is 27.4 Å². The number of aryl methyl sites for hydroxylation is 1. The molecule has 0 aliphatic heterocycles. The summed E-state index contributed by atoms with van der Waals surface area (Å²) >= 11 is 0. The van der Waals surface area contributed by atoms with Gasteiger partial charge in [-0.05, 0) is 62.4 Å². The number of carbonyl (C=O) groups is 2. The van der Waals surface area contributed by atoms with Crippen molar-refractivity contribution >= 4 is 17.5 Å². The molecule has 2 amide bonds. The maximum atomic E-state index is 12.9.